The lowest BCUT2D eigenvalue weighted by Crippen LogP contribution is -2.42. The Balaban J connectivity index is 1.13. The SMILES string of the molecule is Cc1c(OCc2cnco2)cc(F)c2c1CCN(C[C@H](O)CNC(=O)c1ccnc(CC3CCC3)c1)C2. The van der Waals surface area contributed by atoms with Gasteiger partial charge in [-0.15, -0.1) is 0 Å². The van der Waals surface area contributed by atoms with Gasteiger partial charge < -0.3 is 19.6 Å². The normalized spacial score (nSPS) is 16.6. The summed E-state index contributed by atoms with van der Waals surface area (Å²) in [6, 6.07) is 4.96. The molecule has 3 aromatic rings. The molecule has 0 saturated heterocycles. The largest absolute Gasteiger partial charge is 0.485 e. The summed E-state index contributed by atoms with van der Waals surface area (Å²) in [4.78, 5) is 22.9. The lowest BCUT2D eigenvalue weighted by Gasteiger charge is -2.32. The molecule has 5 rings (SSSR count). The van der Waals surface area contributed by atoms with Gasteiger partial charge in [0.15, 0.2) is 12.2 Å². The van der Waals surface area contributed by atoms with E-state index in [2.05, 4.69) is 15.3 Å². The Kier molecular flexibility index (Phi) is 7.81. The second-order valence-electron chi connectivity index (χ2n) is 10.1. The number of hydrogen-bond acceptors (Lipinski definition) is 7. The third-order valence-corrected chi connectivity index (χ3v) is 7.41. The number of halogens is 1. The van der Waals surface area contributed by atoms with Crippen molar-refractivity contribution in [1.29, 1.82) is 0 Å². The average molecular weight is 509 g/mol. The third kappa shape index (κ3) is 6.17. The van der Waals surface area contributed by atoms with Crippen LogP contribution in [0.2, 0.25) is 0 Å². The first-order chi connectivity index (χ1) is 18.0. The molecule has 1 aliphatic carbocycles. The van der Waals surface area contributed by atoms with Crippen molar-refractivity contribution in [1.82, 2.24) is 20.2 Å². The van der Waals surface area contributed by atoms with Crippen LogP contribution in [-0.2, 0) is 26.0 Å². The summed E-state index contributed by atoms with van der Waals surface area (Å²) in [6.45, 7) is 3.65. The fraction of sp³-hybridized carbons (Fsp3) is 0.464. The predicted octanol–water partition coefficient (Wildman–Crippen LogP) is 3.59. The Bertz CT molecular complexity index is 1230. The van der Waals surface area contributed by atoms with Crippen LogP contribution in [0, 0.1) is 18.7 Å². The standard InChI is InChI=1S/C28H33FN4O4/c1-18-24-6-8-33(15-25(24)26(29)11-27(18)36-16-23-13-30-17-37-23)14-22(34)12-32-28(35)20-5-7-31-21(10-20)9-19-3-2-4-19/h5,7,10-11,13,17,19,22,34H,2-4,6,8-9,12,14-16H2,1H3,(H,32,35)/t22-/m1/s1. The molecule has 1 atom stereocenters. The molecule has 0 radical (unpaired) electrons. The van der Waals surface area contributed by atoms with Crippen molar-refractivity contribution in [2.45, 2.75) is 58.3 Å². The van der Waals surface area contributed by atoms with Crippen LogP contribution < -0.4 is 10.1 Å². The predicted molar refractivity (Wildman–Crippen MR) is 135 cm³/mol. The van der Waals surface area contributed by atoms with E-state index in [1.807, 2.05) is 17.9 Å². The third-order valence-electron chi connectivity index (χ3n) is 7.41. The second-order valence-corrected chi connectivity index (χ2v) is 10.1. The molecule has 196 valence electrons. The molecule has 9 heteroatoms. The van der Waals surface area contributed by atoms with Crippen LogP contribution in [-0.4, -0.2) is 51.6 Å². The lowest BCUT2D eigenvalue weighted by atomic mass is 9.82. The Labute approximate surface area is 215 Å². The van der Waals surface area contributed by atoms with Gasteiger partial charge in [0.1, 0.15) is 18.2 Å². The molecule has 1 saturated carbocycles. The van der Waals surface area contributed by atoms with Gasteiger partial charge in [-0.2, -0.15) is 0 Å². The number of aromatic nitrogens is 2. The van der Waals surface area contributed by atoms with E-state index in [0.717, 1.165) is 23.2 Å². The minimum absolute atomic E-state index is 0.123. The number of rotatable bonds is 10. The topological polar surface area (TPSA) is 101 Å². The molecule has 2 aliphatic rings. The van der Waals surface area contributed by atoms with Crippen LogP contribution in [0.3, 0.4) is 0 Å². The molecule has 8 nitrogen and oxygen atoms in total. The van der Waals surface area contributed by atoms with Gasteiger partial charge in [0.2, 0.25) is 0 Å². The van der Waals surface area contributed by atoms with Crippen LogP contribution in [0.25, 0.3) is 0 Å². The first-order valence-corrected chi connectivity index (χ1v) is 12.9. The number of hydrogen-bond donors (Lipinski definition) is 2. The van der Waals surface area contributed by atoms with E-state index in [-0.39, 0.29) is 24.9 Å². The summed E-state index contributed by atoms with van der Waals surface area (Å²) in [6.07, 6.45) is 9.10. The Hall–Kier alpha value is -3.30. The minimum Gasteiger partial charge on any atom is -0.485 e. The summed E-state index contributed by atoms with van der Waals surface area (Å²) in [5, 5.41) is 13.4. The molecule has 1 aliphatic heterocycles. The second kappa shape index (κ2) is 11.4. The van der Waals surface area contributed by atoms with Crippen molar-refractivity contribution in [3.05, 3.63) is 76.5 Å². The average Bonchev–Trinajstić information content (AvgIpc) is 3.40. The number of ether oxygens (including phenoxy) is 1. The number of β-amino-alcohol motifs (C(OH)–C–C–N with tert-alkyl or cyclic N) is 1. The maximum atomic E-state index is 15.0. The van der Waals surface area contributed by atoms with E-state index in [9.17, 15) is 9.90 Å². The van der Waals surface area contributed by atoms with E-state index >= 15 is 4.39 Å². The zero-order valence-corrected chi connectivity index (χ0v) is 21.1. The number of benzene rings is 1. The molecular formula is C28H33FN4O4. The summed E-state index contributed by atoms with van der Waals surface area (Å²) in [5.74, 6) is 1.20. The highest BCUT2D eigenvalue weighted by Gasteiger charge is 2.25. The summed E-state index contributed by atoms with van der Waals surface area (Å²) in [5.41, 5.74) is 3.98. The van der Waals surface area contributed by atoms with Gasteiger partial charge in [0.25, 0.3) is 5.91 Å². The van der Waals surface area contributed by atoms with E-state index in [0.29, 0.717) is 54.6 Å². The highest BCUT2D eigenvalue weighted by Crippen LogP contribution is 2.32. The van der Waals surface area contributed by atoms with Crippen LogP contribution in [0.15, 0.2) is 41.4 Å². The van der Waals surface area contributed by atoms with E-state index < -0.39 is 6.10 Å². The van der Waals surface area contributed by atoms with Crippen LogP contribution in [0.5, 0.6) is 5.75 Å². The number of aliphatic hydroxyl groups is 1. The molecule has 0 spiro atoms. The number of carbonyl (C=O) groups is 1. The summed E-state index contributed by atoms with van der Waals surface area (Å²) in [7, 11) is 0. The number of oxazole rings is 1. The van der Waals surface area contributed by atoms with Gasteiger partial charge in [-0.05, 0) is 48.9 Å². The number of nitrogens with one attached hydrogen (secondary N) is 1. The maximum Gasteiger partial charge on any atom is 0.251 e. The number of pyridine rings is 1. The Morgan fingerprint density at radius 3 is 2.97 bits per heavy atom. The first kappa shape index (κ1) is 25.4. The van der Waals surface area contributed by atoms with Gasteiger partial charge >= 0.3 is 0 Å². The Morgan fingerprint density at radius 2 is 2.22 bits per heavy atom. The van der Waals surface area contributed by atoms with Crippen LogP contribution in [0.4, 0.5) is 4.39 Å². The molecule has 0 unspecified atom stereocenters. The lowest BCUT2D eigenvalue weighted by molar-refractivity contribution is 0.0839. The number of amides is 1. The molecule has 37 heavy (non-hydrogen) atoms. The van der Waals surface area contributed by atoms with Crippen LogP contribution >= 0.6 is 0 Å². The molecular weight excluding hydrogens is 475 g/mol. The number of carbonyl (C=O) groups excluding carboxylic acids is 1. The van der Waals surface area contributed by atoms with E-state index in [1.165, 1.54) is 31.7 Å². The number of aliphatic hydroxyl groups excluding tert-OH is 1. The fourth-order valence-electron chi connectivity index (χ4n) is 5.08. The monoisotopic (exact) mass is 508 g/mol. The zero-order chi connectivity index (χ0) is 25.8. The molecule has 1 amide bonds. The number of fused-ring (bicyclic) bond motifs is 1. The van der Waals surface area contributed by atoms with Gasteiger partial charge in [-0.25, -0.2) is 9.37 Å². The van der Waals surface area contributed by atoms with Gasteiger partial charge in [-0.3, -0.25) is 14.7 Å². The van der Waals surface area contributed by atoms with Crippen molar-refractivity contribution in [3.8, 4) is 5.75 Å². The highest BCUT2D eigenvalue weighted by molar-refractivity contribution is 5.94. The van der Waals surface area contributed by atoms with Crippen molar-refractivity contribution < 1.29 is 23.4 Å². The van der Waals surface area contributed by atoms with E-state index in [4.69, 9.17) is 9.15 Å². The molecule has 1 aromatic carbocycles. The summed E-state index contributed by atoms with van der Waals surface area (Å²) < 4.78 is 26.0. The van der Waals surface area contributed by atoms with Crippen LogP contribution in [0.1, 0.15) is 57.8 Å². The molecule has 1 fully saturated rings. The van der Waals surface area contributed by atoms with Gasteiger partial charge in [0, 0.05) is 55.3 Å². The zero-order valence-electron chi connectivity index (χ0n) is 21.1. The Morgan fingerprint density at radius 1 is 1.35 bits per heavy atom. The molecule has 2 N–H and O–H groups in total. The first-order valence-electron chi connectivity index (χ1n) is 12.9. The van der Waals surface area contributed by atoms with Crippen molar-refractivity contribution in [3.63, 3.8) is 0 Å². The van der Waals surface area contributed by atoms with Crippen molar-refractivity contribution in [2.75, 3.05) is 19.6 Å². The van der Waals surface area contributed by atoms with Crippen molar-refractivity contribution >= 4 is 5.91 Å². The maximum absolute atomic E-state index is 15.0. The van der Waals surface area contributed by atoms with Gasteiger partial charge in [0.05, 0.1) is 12.3 Å². The fourth-order valence-corrected chi connectivity index (χ4v) is 5.08. The van der Waals surface area contributed by atoms with E-state index in [1.54, 1.807) is 18.5 Å². The van der Waals surface area contributed by atoms with Crippen molar-refractivity contribution in [2.24, 2.45) is 5.92 Å². The molecule has 0 bridgehead atoms. The molecule has 3 heterocycles. The quantitative estimate of drug-likeness (QED) is 0.432. The number of nitrogens with zero attached hydrogens (tertiary/aromatic N) is 3. The smallest absolute Gasteiger partial charge is 0.251 e. The summed E-state index contributed by atoms with van der Waals surface area (Å²) >= 11 is 0. The molecule has 2 aromatic heterocycles. The van der Waals surface area contributed by atoms with Gasteiger partial charge in [-0.1, -0.05) is 19.3 Å². The highest BCUT2D eigenvalue weighted by atomic mass is 19.1. The minimum atomic E-state index is -0.768.